The number of nitriles is 1. The second kappa shape index (κ2) is 12.8. The zero-order valence-electron chi connectivity index (χ0n) is 22.6. The first-order chi connectivity index (χ1) is 18.1. The minimum Gasteiger partial charge on any atom is -0.472 e. The van der Waals surface area contributed by atoms with Gasteiger partial charge in [0.05, 0.1) is 11.5 Å². The van der Waals surface area contributed by atoms with Crippen LogP contribution in [0, 0.1) is 34.3 Å². The molecule has 38 heavy (non-hydrogen) atoms. The number of rotatable bonds is 9. The Balaban J connectivity index is 1.79. The normalized spacial score (nSPS) is 15.9. The minimum atomic E-state index is -0.943. The Labute approximate surface area is 225 Å². The molecule has 0 radical (unpaired) electrons. The van der Waals surface area contributed by atoms with E-state index in [0.29, 0.717) is 23.6 Å². The molecule has 1 saturated heterocycles. The van der Waals surface area contributed by atoms with Crippen molar-refractivity contribution in [3.8, 4) is 6.07 Å². The Hall–Kier alpha value is -3.50. The first-order valence-electron chi connectivity index (χ1n) is 13.0. The van der Waals surface area contributed by atoms with E-state index in [1.54, 1.807) is 36.4 Å². The average Bonchev–Trinajstić information content (AvgIpc) is 2.88. The molecule has 3 rings (SSSR count). The van der Waals surface area contributed by atoms with Gasteiger partial charge in [0.2, 0.25) is 5.90 Å². The Bertz CT molecular complexity index is 1150. The number of nitrogens with zero attached hydrogens (tertiary/aromatic N) is 3. The summed E-state index contributed by atoms with van der Waals surface area (Å²) in [6.45, 7) is 12.0. The molecule has 0 aromatic heterocycles. The highest BCUT2D eigenvalue weighted by atomic mass is 19.1. The first-order valence-corrected chi connectivity index (χ1v) is 13.0. The number of aliphatic imine (C=N–C) groups is 1. The van der Waals surface area contributed by atoms with Gasteiger partial charge in [0, 0.05) is 24.5 Å². The predicted molar refractivity (Wildman–Crippen MR) is 148 cm³/mol. The van der Waals surface area contributed by atoms with Crippen molar-refractivity contribution in [1.82, 2.24) is 4.90 Å². The number of hydrogen-bond acceptors (Lipinski definition) is 5. The van der Waals surface area contributed by atoms with Gasteiger partial charge < -0.3 is 10.5 Å². The molecule has 1 aliphatic heterocycles. The topological polar surface area (TPSA) is 74.6 Å². The monoisotopic (exact) mass is 520 g/mol. The van der Waals surface area contributed by atoms with E-state index >= 15 is 0 Å². The van der Waals surface area contributed by atoms with E-state index in [2.05, 4.69) is 22.5 Å². The van der Waals surface area contributed by atoms with Crippen LogP contribution in [0.2, 0.25) is 0 Å². The van der Waals surface area contributed by atoms with E-state index in [1.165, 1.54) is 24.5 Å². The van der Waals surface area contributed by atoms with Crippen LogP contribution in [-0.2, 0) is 17.6 Å². The van der Waals surface area contributed by atoms with Gasteiger partial charge in [-0.15, -0.1) is 0 Å². The van der Waals surface area contributed by atoms with Crippen LogP contribution in [0.5, 0.6) is 0 Å². The van der Waals surface area contributed by atoms with E-state index in [4.69, 9.17) is 10.5 Å². The third-order valence-electron chi connectivity index (χ3n) is 6.92. The Morgan fingerprint density at radius 1 is 1.08 bits per heavy atom. The van der Waals surface area contributed by atoms with Gasteiger partial charge in [-0.2, -0.15) is 5.26 Å². The lowest BCUT2D eigenvalue weighted by Gasteiger charge is -2.41. The van der Waals surface area contributed by atoms with Crippen molar-refractivity contribution in [3.63, 3.8) is 0 Å². The Morgan fingerprint density at radius 2 is 1.61 bits per heavy atom. The standard InChI is InChI=1S/C31H38F2N4O/c1-23(29(36-16-15-34)38-30(2,3)4)21-37-17-13-26(14-18-37)31(22-35,19-24-9-5-7-11-27(24)32)20-25-10-6-8-12-28(25)33/h5-12,15-16,26H,1,13-14,17-21,34H2,2-4H3/b16-15-,36-29?. The van der Waals surface area contributed by atoms with Crippen LogP contribution in [0.4, 0.5) is 8.78 Å². The second-order valence-electron chi connectivity index (χ2n) is 10.9. The molecule has 202 valence electrons. The third kappa shape index (κ3) is 7.75. The Morgan fingerprint density at radius 3 is 2.05 bits per heavy atom. The first kappa shape index (κ1) is 29.1. The van der Waals surface area contributed by atoms with E-state index in [9.17, 15) is 14.0 Å². The zero-order valence-corrected chi connectivity index (χ0v) is 22.6. The minimum absolute atomic E-state index is 0.0321. The van der Waals surface area contributed by atoms with Crippen molar-refractivity contribution >= 4 is 5.90 Å². The van der Waals surface area contributed by atoms with Gasteiger partial charge in [0.25, 0.3) is 0 Å². The number of likely N-dealkylation sites (tertiary alicyclic amines) is 1. The van der Waals surface area contributed by atoms with Crippen molar-refractivity contribution in [2.75, 3.05) is 19.6 Å². The van der Waals surface area contributed by atoms with E-state index in [-0.39, 0.29) is 30.4 Å². The van der Waals surface area contributed by atoms with Crippen LogP contribution >= 0.6 is 0 Å². The van der Waals surface area contributed by atoms with Crippen LogP contribution in [0.3, 0.4) is 0 Å². The summed E-state index contributed by atoms with van der Waals surface area (Å²) in [6.07, 6.45) is 4.72. The molecule has 1 heterocycles. The molecule has 7 heteroatoms. The number of benzene rings is 2. The van der Waals surface area contributed by atoms with E-state index in [0.717, 1.165) is 31.5 Å². The van der Waals surface area contributed by atoms with Crippen molar-refractivity contribution in [1.29, 1.82) is 5.26 Å². The smallest absolute Gasteiger partial charge is 0.217 e. The molecule has 0 atom stereocenters. The SMILES string of the molecule is C=C(CN1CCC(C(C#N)(Cc2ccccc2F)Cc2ccccc2F)CC1)C(=N/C=C\N)OC(C)(C)C. The van der Waals surface area contributed by atoms with Crippen LogP contribution in [0.15, 0.2) is 78.1 Å². The van der Waals surface area contributed by atoms with Crippen molar-refractivity contribution < 1.29 is 13.5 Å². The number of nitrogens with two attached hydrogens (primary N) is 1. The van der Waals surface area contributed by atoms with Gasteiger partial charge >= 0.3 is 0 Å². The van der Waals surface area contributed by atoms with Crippen molar-refractivity contribution in [2.45, 2.75) is 52.1 Å². The number of halogens is 2. The lowest BCUT2D eigenvalue weighted by Crippen LogP contribution is -2.44. The fourth-order valence-electron chi connectivity index (χ4n) is 5.06. The van der Waals surface area contributed by atoms with Gasteiger partial charge in [-0.05, 0) is 88.7 Å². The molecule has 0 spiro atoms. The summed E-state index contributed by atoms with van der Waals surface area (Å²) in [5.74, 6) is -0.277. The highest BCUT2D eigenvalue weighted by Gasteiger charge is 2.42. The summed E-state index contributed by atoms with van der Waals surface area (Å²) >= 11 is 0. The van der Waals surface area contributed by atoms with E-state index in [1.807, 2.05) is 20.8 Å². The fraction of sp³-hybridized carbons (Fsp3) is 0.419. The summed E-state index contributed by atoms with van der Waals surface area (Å²) in [7, 11) is 0. The zero-order chi connectivity index (χ0) is 27.8. The highest BCUT2D eigenvalue weighted by molar-refractivity contribution is 5.94. The Kier molecular flexibility index (Phi) is 9.82. The second-order valence-corrected chi connectivity index (χ2v) is 10.9. The average molecular weight is 521 g/mol. The summed E-state index contributed by atoms with van der Waals surface area (Å²) in [5.41, 5.74) is 5.78. The molecule has 0 amide bonds. The quantitative estimate of drug-likeness (QED) is 0.317. The molecule has 2 aromatic carbocycles. The van der Waals surface area contributed by atoms with Crippen molar-refractivity contribution in [3.05, 3.63) is 95.8 Å². The maximum Gasteiger partial charge on any atom is 0.217 e. The maximum atomic E-state index is 14.7. The third-order valence-corrected chi connectivity index (χ3v) is 6.92. The molecule has 0 bridgehead atoms. The number of ether oxygens (including phenoxy) is 1. The molecule has 2 N–H and O–H groups in total. The molecular weight excluding hydrogens is 482 g/mol. The highest BCUT2D eigenvalue weighted by Crippen LogP contribution is 2.42. The van der Waals surface area contributed by atoms with Crippen LogP contribution < -0.4 is 5.73 Å². The van der Waals surface area contributed by atoms with Gasteiger partial charge in [-0.1, -0.05) is 43.0 Å². The lowest BCUT2D eigenvalue weighted by atomic mass is 9.65. The summed E-state index contributed by atoms with van der Waals surface area (Å²) in [6, 6.07) is 15.6. The lowest BCUT2D eigenvalue weighted by molar-refractivity contribution is 0.107. The van der Waals surface area contributed by atoms with Gasteiger partial charge in [0.1, 0.15) is 17.2 Å². The molecule has 0 aliphatic carbocycles. The van der Waals surface area contributed by atoms with Crippen LogP contribution in [0.25, 0.3) is 0 Å². The molecule has 0 saturated carbocycles. The van der Waals surface area contributed by atoms with Crippen molar-refractivity contribution in [2.24, 2.45) is 22.1 Å². The molecule has 1 aliphatic rings. The molecular formula is C31H38F2N4O. The predicted octanol–water partition coefficient (Wildman–Crippen LogP) is 6.17. The molecule has 1 fully saturated rings. The molecule has 2 aromatic rings. The number of hydrogen-bond donors (Lipinski definition) is 1. The van der Waals surface area contributed by atoms with Crippen LogP contribution in [0.1, 0.15) is 44.7 Å². The summed E-state index contributed by atoms with van der Waals surface area (Å²) in [4.78, 5) is 6.57. The summed E-state index contributed by atoms with van der Waals surface area (Å²) < 4.78 is 35.4. The van der Waals surface area contributed by atoms with Gasteiger partial charge in [-0.3, -0.25) is 4.90 Å². The summed E-state index contributed by atoms with van der Waals surface area (Å²) in [5, 5.41) is 10.5. The molecule has 5 nitrogen and oxygen atoms in total. The maximum absolute atomic E-state index is 14.7. The van der Waals surface area contributed by atoms with E-state index < -0.39 is 11.0 Å². The fourth-order valence-corrected chi connectivity index (χ4v) is 5.06. The van der Waals surface area contributed by atoms with Gasteiger partial charge in [-0.25, -0.2) is 13.8 Å². The largest absolute Gasteiger partial charge is 0.472 e. The molecule has 0 unspecified atom stereocenters. The number of piperidine rings is 1. The van der Waals surface area contributed by atoms with Crippen LogP contribution in [-0.4, -0.2) is 36.0 Å². The van der Waals surface area contributed by atoms with Gasteiger partial charge in [0.15, 0.2) is 0 Å².